The first-order valence-corrected chi connectivity index (χ1v) is 4.11. The minimum atomic E-state index is 0.711. The number of hydrogen-bond donors (Lipinski definition) is 0. The maximum Gasteiger partial charge on any atom is -0.0308 e. The van der Waals surface area contributed by atoms with Crippen LogP contribution in [-0.4, -0.2) is 0 Å². The van der Waals surface area contributed by atoms with Crippen molar-refractivity contribution >= 4 is 0 Å². The van der Waals surface area contributed by atoms with Gasteiger partial charge in [0.1, 0.15) is 0 Å². The molecule has 2 rings (SSSR count). The van der Waals surface area contributed by atoms with Gasteiger partial charge in [0.25, 0.3) is 0 Å². The van der Waals surface area contributed by atoms with E-state index in [0.717, 1.165) is 17.8 Å². The highest BCUT2D eigenvalue weighted by Crippen LogP contribution is 2.64. The SMILES string of the molecule is CC1CC2CC(C)(C)C12. The van der Waals surface area contributed by atoms with Gasteiger partial charge in [0.05, 0.1) is 0 Å². The van der Waals surface area contributed by atoms with Gasteiger partial charge in [0.2, 0.25) is 0 Å². The van der Waals surface area contributed by atoms with Gasteiger partial charge < -0.3 is 0 Å². The van der Waals surface area contributed by atoms with Crippen molar-refractivity contribution in [1.82, 2.24) is 0 Å². The van der Waals surface area contributed by atoms with E-state index in [1.165, 1.54) is 12.8 Å². The summed E-state index contributed by atoms with van der Waals surface area (Å²) in [4.78, 5) is 0. The highest BCUT2D eigenvalue weighted by atomic mass is 14.6. The number of hydrogen-bond acceptors (Lipinski definition) is 0. The Bertz CT molecular complexity index is 131. The first-order valence-electron chi connectivity index (χ1n) is 4.11. The molecule has 0 aromatic heterocycles. The molecule has 52 valence electrons. The quantitative estimate of drug-likeness (QED) is 0.465. The van der Waals surface area contributed by atoms with Crippen LogP contribution in [0.2, 0.25) is 0 Å². The van der Waals surface area contributed by atoms with E-state index in [1.807, 2.05) is 0 Å². The summed E-state index contributed by atoms with van der Waals surface area (Å²) in [6, 6.07) is 0. The second kappa shape index (κ2) is 1.36. The number of rotatable bonds is 0. The fraction of sp³-hybridized carbons (Fsp3) is 1.00. The van der Waals surface area contributed by atoms with E-state index >= 15 is 0 Å². The van der Waals surface area contributed by atoms with Crippen molar-refractivity contribution in [2.75, 3.05) is 0 Å². The summed E-state index contributed by atoms with van der Waals surface area (Å²) in [5.41, 5.74) is 0.711. The maximum atomic E-state index is 2.42. The van der Waals surface area contributed by atoms with Crippen LogP contribution in [0.4, 0.5) is 0 Å². The second-order valence-electron chi connectivity index (χ2n) is 4.69. The molecular formula is C9H16. The molecule has 2 aliphatic carbocycles. The van der Waals surface area contributed by atoms with Crippen molar-refractivity contribution in [2.45, 2.75) is 33.6 Å². The smallest absolute Gasteiger partial charge is 0.0308 e. The van der Waals surface area contributed by atoms with E-state index in [-0.39, 0.29) is 0 Å². The largest absolute Gasteiger partial charge is 0.0622 e. The third-order valence-electron chi connectivity index (χ3n) is 3.49. The summed E-state index contributed by atoms with van der Waals surface area (Å²) >= 11 is 0. The minimum Gasteiger partial charge on any atom is -0.0622 e. The molecule has 0 aromatic carbocycles. The Morgan fingerprint density at radius 3 is 2.22 bits per heavy atom. The molecule has 2 saturated carbocycles. The molecule has 3 atom stereocenters. The summed E-state index contributed by atoms with van der Waals surface area (Å²) in [5.74, 6) is 3.27. The molecule has 3 unspecified atom stereocenters. The second-order valence-corrected chi connectivity index (χ2v) is 4.69. The van der Waals surface area contributed by atoms with Crippen LogP contribution in [0.5, 0.6) is 0 Å². The molecule has 0 saturated heterocycles. The lowest BCUT2D eigenvalue weighted by atomic mass is 9.42. The predicted octanol–water partition coefficient (Wildman–Crippen LogP) is 2.69. The first-order chi connectivity index (χ1) is 4.11. The van der Waals surface area contributed by atoms with Crippen molar-refractivity contribution in [3.8, 4) is 0 Å². The summed E-state index contributed by atoms with van der Waals surface area (Å²) in [6.07, 6.45) is 3.02. The zero-order valence-corrected chi connectivity index (χ0v) is 6.65. The fourth-order valence-corrected chi connectivity index (χ4v) is 3.31. The van der Waals surface area contributed by atoms with Crippen molar-refractivity contribution in [2.24, 2.45) is 23.2 Å². The maximum absolute atomic E-state index is 2.42. The molecule has 0 heteroatoms. The molecule has 0 aliphatic heterocycles. The Labute approximate surface area is 57.6 Å². The van der Waals surface area contributed by atoms with Gasteiger partial charge in [-0.3, -0.25) is 0 Å². The fourth-order valence-electron chi connectivity index (χ4n) is 3.31. The summed E-state index contributed by atoms with van der Waals surface area (Å²) in [7, 11) is 0. The van der Waals surface area contributed by atoms with Gasteiger partial charge in [-0.2, -0.15) is 0 Å². The minimum absolute atomic E-state index is 0.711. The monoisotopic (exact) mass is 124 g/mol. The van der Waals surface area contributed by atoms with Crippen molar-refractivity contribution < 1.29 is 0 Å². The standard InChI is InChI=1S/C9H16/c1-6-4-7-5-9(2,3)8(6)7/h6-8H,4-5H2,1-3H3. The lowest BCUT2D eigenvalue weighted by Gasteiger charge is -2.63. The Kier molecular flexibility index (Phi) is 0.868. The van der Waals surface area contributed by atoms with Crippen LogP contribution in [-0.2, 0) is 0 Å². The Morgan fingerprint density at radius 1 is 1.33 bits per heavy atom. The summed E-state index contributed by atoms with van der Waals surface area (Å²) in [5, 5.41) is 0. The van der Waals surface area contributed by atoms with Gasteiger partial charge in [-0.25, -0.2) is 0 Å². The molecule has 0 nitrogen and oxygen atoms in total. The zero-order valence-electron chi connectivity index (χ0n) is 6.65. The summed E-state index contributed by atoms with van der Waals surface area (Å²) in [6.45, 7) is 7.25. The van der Waals surface area contributed by atoms with Gasteiger partial charge >= 0.3 is 0 Å². The molecular weight excluding hydrogens is 108 g/mol. The van der Waals surface area contributed by atoms with Crippen LogP contribution < -0.4 is 0 Å². The normalized spacial score (nSPS) is 53.0. The third kappa shape index (κ3) is 0.544. The third-order valence-corrected chi connectivity index (χ3v) is 3.49. The van der Waals surface area contributed by atoms with Crippen LogP contribution in [0.1, 0.15) is 33.6 Å². The van der Waals surface area contributed by atoms with Crippen LogP contribution >= 0.6 is 0 Å². The molecule has 0 spiro atoms. The topological polar surface area (TPSA) is 0 Å². The molecule has 2 fully saturated rings. The van der Waals surface area contributed by atoms with E-state index in [0.29, 0.717) is 5.41 Å². The Balaban J connectivity index is 2.07. The molecule has 0 amide bonds. The van der Waals surface area contributed by atoms with Crippen molar-refractivity contribution in [3.05, 3.63) is 0 Å². The van der Waals surface area contributed by atoms with Gasteiger partial charge in [-0.15, -0.1) is 0 Å². The number of fused-ring (bicyclic) bond motifs is 1. The Hall–Kier alpha value is 0. The van der Waals surface area contributed by atoms with Crippen LogP contribution in [0.3, 0.4) is 0 Å². The molecule has 9 heavy (non-hydrogen) atoms. The molecule has 0 radical (unpaired) electrons. The Morgan fingerprint density at radius 2 is 2.00 bits per heavy atom. The zero-order chi connectivity index (χ0) is 6.65. The average molecular weight is 124 g/mol. The molecule has 0 heterocycles. The molecule has 0 N–H and O–H groups in total. The van der Waals surface area contributed by atoms with Gasteiger partial charge in [0.15, 0.2) is 0 Å². The van der Waals surface area contributed by atoms with Gasteiger partial charge in [0, 0.05) is 0 Å². The van der Waals surface area contributed by atoms with Crippen molar-refractivity contribution in [3.63, 3.8) is 0 Å². The van der Waals surface area contributed by atoms with Gasteiger partial charge in [-0.05, 0) is 36.0 Å². The van der Waals surface area contributed by atoms with Crippen LogP contribution in [0, 0.1) is 23.2 Å². The van der Waals surface area contributed by atoms with Crippen molar-refractivity contribution in [1.29, 1.82) is 0 Å². The van der Waals surface area contributed by atoms with E-state index in [2.05, 4.69) is 20.8 Å². The van der Waals surface area contributed by atoms with Gasteiger partial charge in [-0.1, -0.05) is 20.8 Å². The average Bonchev–Trinajstić information content (AvgIpc) is 1.60. The van der Waals surface area contributed by atoms with E-state index in [4.69, 9.17) is 0 Å². The lowest BCUT2D eigenvalue weighted by molar-refractivity contribution is -0.137. The van der Waals surface area contributed by atoms with E-state index in [9.17, 15) is 0 Å². The predicted molar refractivity (Wildman–Crippen MR) is 39.2 cm³/mol. The first kappa shape index (κ1) is 5.76. The highest BCUT2D eigenvalue weighted by Gasteiger charge is 2.56. The molecule has 0 bridgehead atoms. The van der Waals surface area contributed by atoms with E-state index < -0.39 is 0 Å². The lowest BCUT2D eigenvalue weighted by Crippen LogP contribution is -2.55. The molecule has 0 aromatic rings. The summed E-state index contributed by atoms with van der Waals surface area (Å²) < 4.78 is 0. The van der Waals surface area contributed by atoms with Crippen LogP contribution in [0.25, 0.3) is 0 Å². The van der Waals surface area contributed by atoms with E-state index in [1.54, 1.807) is 0 Å². The van der Waals surface area contributed by atoms with Crippen LogP contribution in [0.15, 0.2) is 0 Å². The highest BCUT2D eigenvalue weighted by molar-refractivity contribution is 5.05. The molecule has 2 aliphatic rings.